The lowest BCUT2D eigenvalue weighted by molar-refractivity contribution is -0.131. The Morgan fingerprint density at radius 3 is 3.00 bits per heavy atom. The van der Waals surface area contributed by atoms with Crippen molar-refractivity contribution in [1.29, 1.82) is 0 Å². The fraction of sp³-hybridized carbons (Fsp3) is 0.588. The summed E-state index contributed by atoms with van der Waals surface area (Å²) in [5.74, 6) is 0.181. The van der Waals surface area contributed by atoms with Crippen molar-refractivity contribution in [2.24, 2.45) is 0 Å². The zero-order valence-electron chi connectivity index (χ0n) is 13.8. The predicted molar refractivity (Wildman–Crippen MR) is 90.1 cm³/mol. The Bertz CT molecular complexity index is 533. The molecule has 2 amide bonds. The third-order valence-electron chi connectivity index (χ3n) is 4.06. The van der Waals surface area contributed by atoms with Crippen LogP contribution in [0.25, 0.3) is 0 Å². The van der Waals surface area contributed by atoms with Crippen molar-refractivity contribution in [3.8, 4) is 0 Å². The highest BCUT2D eigenvalue weighted by Gasteiger charge is 2.16. The zero-order chi connectivity index (χ0) is 16.5. The van der Waals surface area contributed by atoms with Gasteiger partial charge in [-0.2, -0.15) is 0 Å². The Morgan fingerprint density at radius 2 is 2.17 bits per heavy atom. The standard InChI is InChI=1S/C17H26N4O2/c1-14-13-18-8-6-15(14)19-9-10-20-16(22)7-12-21-11-4-2-3-5-17(21)23/h6,8,13H,2-5,7,9-12H2,1H3,(H,18,19)(H,20,22). The molecule has 23 heavy (non-hydrogen) atoms. The van der Waals surface area contributed by atoms with Crippen LogP contribution in [0, 0.1) is 6.92 Å². The smallest absolute Gasteiger partial charge is 0.222 e. The summed E-state index contributed by atoms with van der Waals surface area (Å²) in [5, 5.41) is 6.16. The number of aromatic nitrogens is 1. The number of rotatable bonds is 7. The Kier molecular flexibility index (Phi) is 6.84. The maximum Gasteiger partial charge on any atom is 0.222 e. The van der Waals surface area contributed by atoms with E-state index in [-0.39, 0.29) is 11.8 Å². The van der Waals surface area contributed by atoms with Gasteiger partial charge in [0.1, 0.15) is 0 Å². The lowest BCUT2D eigenvalue weighted by Gasteiger charge is -2.20. The first kappa shape index (κ1) is 17.2. The monoisotopic (exact) mass is 318 g/mol. The van der Waals surface area contributed by atoms with Crippen LogP contribution in [0.15, 0.2) is 18.5 Å². The number of aryl methyl sites for hydroxylation is 1. The lowest BCUT2D eigenvalue weighted by Crippen LogP contribution is -2.36. The van der Waals surface area contributed by atoms with Gasteiger partial charge in [-0.05, 0) is 31.4 Å². The van der Waals surface area contributed by atoms with Gasteiger partial charge in [-0.25, -0.2) is 0 Å². The second-order valence-corrected chi connectivity index (χ2v) is 5.91. The molecule has 0 aromatic carbocycles. The number of nitrogens with zero attached hydrogens (tertiary/aromatic N) is 2. The summed E-state index contributed by atoms with van der Waals surface area (Å²) in [6, 6.07) is 1.92. The Balaban J connectivity index is 1.61. The second-order valence-electron chi connectivity index (χ2n) is 5.91. The third-order valence-corrected chi connectivity index (χ3v) is 4.06. The SMILES string of the molecule is Cc1cnccc1NCCNC(=O)CCN1CCCCCC1=O. The summed E-state index contributed by atoms with van der Waals surface area (Å²) in [7, 11) is 0. The summed E-state index contributed by atoms with van der Waals surface area (Å²) in [4.78, 5) is 29.6. The first-order valence-electron chi connectivity index (χ1n) is 8.36. The van der Waals surface area contributed by atoms with Gasteiger partial charge in [0.15, 0.2) is 0 Å². The van der Waals surface area contributed by atoms with E-state index < -0.39 is 0 Å². The summed E-state index contributed by atoms with van der Waals surface area (Å²) in [6.45, 7) is 4.54. The Labute approximate surface area is 137 Å². The quantitative estimate of drug-likeness (QED) is 0.751. The molecular formula is C17H26N4O2. The normalized spacial score (nSPS) is 15.2. The molecule has 0 aliphatic carbocycles. The Hall–Kier alpha value is -2.11. The number of hydrogen-bond donors (Lipinski definition) is 2. The average Bonchev–Trinajstić information content (AvgIpc) is 2.75. The molecule has 6 nitrogen and oxygen atoms in total. The van der Waals surface area contributed by atoms with Crippen molar-refractivity contribution in [2.75, 3.05) is 31.5 Å². The molecule has 0 spiro atoms. The van der Waals surface area contributed by atoms with E-state index in [0.29, 0.717) is 32.5 Å². The van der Waals surface area contributed by atoms with Crippen molar-refractivity contribution in [1.82, 2.24) is 15.2 Å². The molecule has 1 saturated heterocycles. The van der Waals surface area contributed by atoms with Crippen LogP contribution >= 0.6 is 0 Å². The van der Waals surface area contributed by atoms with E-state index in [1.165, 1.54) is 0 Å². The fourth-order valence-electron chi connectivity index (χ4n) is 2.67. The molecule has 126 valence electrons. The number of anilines is 1. The molecule has 0 bridgehead atoms. The van der Waals surface area contributed by atoms with Gasteiger partial charge in [-0.3, -0.25) is 14.6 Å². The minimum Gasteiger partial charge on any atom is -0.383 e. The van der Waals surface area contributed by atoms with Crippen molar-refractivity contribution in [3.05, 3.63) is 24.0 Å². The molecule has 6 heteroatoms. The van der Waals surface area contributed by atoms with E-state index in [1.807, 2.05) is 17.9 Å². The topological polar surface area (TPSA) is 74.3 Å². The molecule has 1 aliphatic heterocycles. The summed E-state index contributed by atoms with van der Waals surface area (Å²) < 4.78 is 0. The fourth-order valence-corrected chi connectivity index (χ4v) is 2.67. The molecule has 2 heterocycles. The maximum absolute atomic E-state index is 11.9. The molecule has 0 atom stereocenters. The van der Waals surface area contributed by atoms with Gasteiger partial charge in [0.2, 0.25) is 11.8 Å². The highest BCUT2D eigenvalue weighted by molar-refractivity contribution is 5.79. The number of hydrogen-bond acceptors (Lipinski definition) is 4. The molecule has 0 radical (unpaired) electrons. The summed E-state index contributed by atoms with van der Waals surface area (Å²) >= 11 is 0. The van der Waals surface area contributed by atoms with E-state index in [9.17, 15) is 9.59 Å². The molecule has 1 aliphatic rings. The maximum atomic E-state index is 11.9. The van der Waals surface area contributed by atoms with Crippen molar-refractivity contribution < 1.29 is 9.59 Å². The van der Waals surface area contributed by atoms with Gasteiger partial charge >= 0.3 is 0 Å². The van der Waals surface area contributed by atoms with Crippen molar-refractivity contribution in [3.63, 3.8) is 0 Å². The molecule has 1 aromatic rings. The van der Waals surface area contributed by atoms with Crippen LogP contribution in [-0.4, -0.2) is 47.9 Å². The first-order chi connectivity index (χ1) is 11.2. The summed E-state index contributed by atoms with van der Waals surface area (Å²) in [6.07, 6.45) is 7.67. The van der Waals surface area contributed by atoms with Crippen molar-refractivity contribution in [2.45, 2.75) is 39.0 Å². The third kappa shape index (κ3) is 5.88. The molecule has 0 saturated carbocycles. The van der Waals surface area contributed by atoms with Crippen LogP contribution in [0.2, 0.25) is 0 Å². The van der Waals surface area contributed by atoms with Crippen LogP contribution in [0.3, 0.4) is 0 Å². The molecule has 2 N–H and O–H groups in total. The van der Waals surface area contributed by atoms with Gasteiger partial charge in [0.25, 0.3) is 0 Å². The van der Waals surface area contributed by atoms with E-state index in [1.54, 1.807) is 12.4 Å². The van der Waals surface area contributed by atoms with E-state index in [2.05, 4.69) is 15.6 Å². The first-order valence-corrected chi connectivity index (χ1v) is 8.36. The van der Waals surface area contributed by atoms with Crippen LogP contribution in [0.4, 0.5) is 5.69 Å². The highest BCUT2D eigenvalue weighted by Crippen LogP contribution is 2.11. The second kappa shape index (κ2) is 9.12. The molecule has 1 aromatic heterocycles. The Morgan fingerprint density at radius 1 is 1.30 bits per heavy atom. The molecule has 1 fully saturated rings. The number of nitrogens with one attached hydrogen (secondary N) is 2. The molecule has 2 rings (SSSR count). The predicted octanol–water partition coefficient (Wildman–Crippen LogP) is 1.71. The van der Waals surface area contributed by atoms with Gasteiger partial charge in [-0.1, -0.05) is 6.42 Å². The van der Waals surface area contributed by atoms with E-state index in [0.717, 1.165) is 37.1 Å². The minimum absolute atomic E-state index is 0.00435. The number of carbonyl (C=O) groups is 2. The average molecular weight is 318 g/mol. The molecule has 0 unspecified atom stereocenters. The largest absolute Gasteiger partial charge is 0.383 e. The molecular weight excluding hydrogens is 292 g/mol. The van der Waals surface area contributed by atoms with Crippen LogP contribution in [0.5, 0.6) is 0 Å². The highest BCUT2D eigenvalue weighted by atomic mass is 16.2. The van der Waals surface area contributed by atoms with Crippen LogP contribution in [-0.2, 0) is 9.59 Å². The zero-order valence-corrected chi connectivity index (χ0v) is 13.8. The van der Waals surface area contributed by atoms with Gasteiger partial charge < -0.3 is 15.5 Å². The van der Waals surface area contributed by atoms with Gasteiger partial charge in [0.05, 0.1) is 0 Å². The van der Waals surface area contributed by atoms with Gasteiger partial charge in [-0.15, -0.1) is 0 Å². The van der Waals surface area contributed by atoms with Crippen LogP contribution < -0.4 is 10.6 Å². The van der Waals surface area contributed by atoms with E-state index in [4.69, 9.17) is 0 Å². The number of amides is 2. The number of pyridine rings is 1. The minimum atomic E-state index is -0.00435. The van der Waals surface area contributed by atoms with Crippen LogP contribution in [0.1, 0.15) is 37.7 Å². The van der Waals surface area contributed by atoms with Crippen molar-refractivity contribution >= 4 is 17.5 Å². The summed E-state index contributed by atoms with van der Waals surface area (Å²) in [5.41, 5.74) is 2.11. The lowest BCUT2D eigenvalue weighted by atomic mass is 10.2. The number of likely N-dealkylation sites (tertiary alicyclic amines) is 1. The number of carbonyl (C=O) groups excluding carboxylic acids is 2. The van der Waals surface area contributed by atoms with Gasteiger partial charge in [0, 0.05) is 57.1 Å². The van der Waals surface area contributed by atoms with E-state index >= 15 is 0 Å².